The Bertz CT molecular complexity index is 334. The minimum atomic E-state index is -0.0732. The van der Waals surface area contributed by atoms with Gasteiger partial charge in [0, 0.05) is 18.7 Å². The zero-order valence-electron chi connectivity index (χ0n) is 8.69. The third kappa shape index (κ3) is 2.25. The van der Waals surface area contributed by atoms with E-state index in [2.05, 4.69) is 0 Å². The van der Waals surface area contributed by atoms with Crippen LogP contribution >= 0.6 is 0 Å². The quantitative estimate of drug-likeness (QED) is 0.779. The molecule has 0 spiro atoms. The molecular weight excluding hydrogens is 178 g/mol. The van der Waals surface area contributed by atoms with E-state index in [1.54, 1.807) is 30.1 Å². The van der Waals surface area contributed by atoms with E-state index in [1.807, 2.05) is 13.8 Å². The monoisotopic (exact) mass is 193 g/mol. The molecule has 1 aromatic rings. The number of phenols is 1. The summed E-state index contributed by atoms with van der Waals surface area (Å²) in [5, 5.41) is 9.21. The SMILES string of the molecule is CC(C)N(C)C(=O)c1cccc(O)c1. The fourth-order valence-electron chi connectivity index (χ4n) is 1.08. The molecule has 0 atom stereocenters. The van der Waals surface area contributed by atoms with Gasteiger partial charge >= 0.3 is 0 Å². The van der Waals surface area contributed by atoms with Crippen LogP contribution in [0.25, 0.3) is 0 Å². The second-order valence-corrected chi connectivity index (χ2v) is 3.56. The maximum absolute atomic E-state index is 11.8. The van der Waals surface area contributed by atoms with Crippen molar-refractivity contribution in [2.45, 2.75) is 19.9 Å². The Morgan fingerprint density at radius 3 is 2.57 bits per heavy atom. The Morgan fingerprint density at radius 1 is 1.43 bits per heavy atom. The lowest BCUT2D eigenvalue weighted by atomic mass is 10.2. The molecule has 0 heterocycles. The van der Waals surface area contributed by atoms with Gasteiger partial charge < -0.3 is 10.0 Å². The van der Waals surface area contributed by atoms with E-state index in [0.29, 0.717) is 5.56 Å². The number of benzene rings is 1. The van der Waals surface area contributed by atoms with Crippen LogP contribution in [0.15, 0.2) is 24.3 Å². The molecule has 1 amide bonds. The van der Waals surface area contributed by atoms with E-state index in [4.69, 9.17) is 0 Å². The molecule has 76 valence electrons. The fourth-order valence-corrected chi connectivity index (χ4v) is 1.08. The molecule has 0 aliphatic heterocycles. The molecule has 0 aliphatic rings. The van der Waals surface area contributed by atoms with Gasteiger partial charge in [-0.25, -0.2) is 0 Å². The number of carbonyl (C=O) groups excluding carboxylic acids is 1. The van der Waals surface area contributed by atoms with E-state index in [9.17, 15) is 9.90 Å². The minimum absolute atomic E-state index is 0.0732. The summed E-state index contributed by atoms with van der Waals surface area (Å²) in [5.41, 5.74) is 0.515. The van der Waals surface area contributed by atoms with Gasteiger partial charge in [0.1, 0.15) is 5.75 Å². The summed E-state index contributed by atoms with van der Waals surface area (Å²) in [6.45, 7) is 3.89. The lowest BCUT2D eigenvalue weighted by Crippen LogP contribution is -2.32. The van der Waals surface area contributed by atoms with Crippen LogP contribution in [0.1, 0.15) is 24.2 Å². The largest absolute Gasteiger partial charge is 0.508 e. The van der Waals surface area contributed by atoms with Crippen molar-refractivity contribution < 1.29 is 9.90 Å². The van der Waals surface area contributed by atoms with Gasteiger partial charge in [0.25, 0.3) is 5.91 Å². The topological polar surface area (TPSA) is 40.5 Å². The molecule has 0 fully saturated rings. The summed E-state index contributed by atoms with van der Waals surface area (Å²) < 4.78 is 0. The Hall–Kier alpha value is -1.51. The standard InChI is InChI=1S/C11H15NO2/c1-8(2)12(3)11(14)9-5-4-6-10(13)7-9/h4-8,13H,1-3H3. The number of hydrogen-bond donors (Lipinski definition) is 1. The maximum Gasteiger partial charge on any atom is 0.253 e. The van der Waals surface area contributed by atoms with Crippen molar-refractivity contribution in [3.05, 3.63) is 29.8 Å². The van der Waals surface area contributed by atoms with Crippen molar-refractivity contribution in [3.8, 4) is 5.75 Å². The highest BCUT2D eigenvalue weighted by Crippen LogP contribution is 2.13. The van der Waals surface area contributed by atoms with Crippen LogP contribution in [0, 0.1) is 0 Å². The molecule has 0 radical (unpaired) electrons. The maximum atomic E-state index is 11.8. The van der Waals surface area contributed by atoms with Gasteiger partial charge in [-0.05, 0) is 32.0 Å². The third-order valence-electron chi connectivity index (χ3n) is 2.19. The Morgan fingerprint density at radius 2 is 2.07 bits per heavy atom. The molecule has 0 unspecified atom stereocenters. The fraction of sp³-hybridized carbons (Fsp3) is 0.364. The highest BCUT2D eigenvalue weighted by Gasteiger charge is 2.13. The van der Waals surface area contributed by atoms with Gasteiger partial charge in [-0.3, -0.25) is 4.79 Å². The predicted octanol–water partition coefficient (Wildman–Crippen LogP) is 1.87. The van der Waals surface area contributed by atoms with Crippen LogP contribution in [0.3, 0.4) is 0 Å². The van der Waals surface area contributed by atoms with Crippen molar-refractivity contribution in [2.75, 3.05) is 7.05 Å². The van der Waals surface area contributed by atoms with Gasteiger partial charge in [-0.2, -0.15) is 0 Å². The zero-order valence-corrected chi connectivity index (χ0v) is 8.69. The predicted molar refractivity (Wildman–Crippen MR) is 55.3 cm³/mol. The van der Waals surface area contributed by atoms with Crippen LogP contribution in [-0.2, 0) is 0 Å². The van der Waals surface area contributed by atoms with E-state index >= 15 is 0 Å². The molecule has 0 bridgehead atoms. The zero-order chi connectivity index (χ0) is 10.7. The van der Waals surface area contributed by atoms with Crippen molar-refractivity contribution in [1.82, 2.24) is 4.90 Å². The first-order valence-corrected chi connectivity index (χ1v) is 4.58. The molecule has 0 aliphatic carbocycles. The molecule has 0 saturated carbocycles. The van der Waals surface area contributed by atoms with Crippen molar-refractivity contribution in [2.24, 2.45) is 0 Å². The Kier molecular flexibility index (Phi) is 3.12. The van der Waals surface area contributed by atoms with Crippen molar-refractivity contribution in [1.29, 1.82) is 0 Å². The number of hydrogen-bond acceptors (Lipinski definition) is 2. The molecule has 1 N–H and O–H groups in total. The molecule has 0 aromatic heterocycles. The third-order valence-corrected chi connectivity index (χ3v) is 2.19. The van der Waals surface area contributed by atoms with Crippen LogP contribution < -0.4 is 0 Å². The van der Waals surface area contributed by atoms with Crippen LogP contribution in [0.4, 0.5) is 0 Å². The first kappa shape index (κ1) is 10.6. The van der Waals surface area contributed by atoms with Crippen LogP contribution in [-0.4, -0.2) is 29.0 Å². The summed E-state index contributed by atoms with van der Waals surface area (Å²) >= 11 is 0. The number of amides is 1. The molecule has 14 heavy (non-hydrogen) atoms. The number of rotatable bonds is 2. The summed E-state index contributed by atoms with van der Waals surface area (Å²) in [7, 11) is 1.75. The van der Waals surface area contributed by atoms with Crippen molar-refractivity contribution >= 4 is 5.91 Å². The van der Waals surface area contributed by atoms with Crippen LogP contribution in [0.5, 0.6) is 5.75 Å². The second-order valence-electron chi connectivity index (χ2n) is 3.56. The first-order chi connectivity index (χ1) is 6.52. The Balaban J connectivity index is 2.89. The normalized spacial score (nSPS) is 10.3. The van der Waals surface area contributed by atoms with Gasteiger partial charge in [-0.15, -0.1) is 0 Å². The smallest absolute Gasteiger partial charge is 0.253 e. The van der Waals surface area contributed by atoms with E-state index in [1.165, 1.54) is 6.07 Å². The lowest BCUT2D eigenvalue weighted by Gasteiger charge is -2.21. The summed E-state index contributed by atoms with van der Waals surface area (Å²) in [6.07, 6.45) is 0. The average Bonchev–Trinajstić information content (AvgIpc) is 2.15. The molecule has 3 heteroatoms. The van der Waals surface area contributed by atoms with Crippen molar-refractivity contribution in [3.63, 3.8) is 0 Å². The highest BCUT2D eigenvalue weighted by molar-refractivity contribution is 5.94. The molecule has 0 saturated heterocycles. The lowest BCUT2D eigenvalue weighted by molar-refractivity contribution is 0.0754. The van der Waals surface area contributed by atoms with E-state index in [-0.39, 0.29) is 17.7 Å². The summed E-state index contributed by atoms with van der Waals surface area (Å²) in [6, 6.07) is 6.54. The van der Waals surface area contributed by atoms with E-state index < -0.39 is 0 Å². The summed E-state index contributed by atoms with van der Waals surface area (Å²) in [5.74, 6) is 0.0453. The molecular formula is C11H15NO2. The van der Waals surface area contributed by atoms with Gasteiger partial charge in [-0.1, -0.05) is 6.07 Å². The molecule has 3 nitrogen and oxygen atoms in total. The number of aromatic hydroxyl groups is 1. The Labute approximate surface area is 84.0 Å². The second kappa shape index (κ2) is 4.13. The summed E-state index contributed by atoms with van der Waals surface area (Å²) in [4.78, 5) is 13.4. The molecule has 1 aromatic carbocycles. The minimum Gasteiger partial charge on any atom is -0.508 e. The van der Waals surface area contributed by atoms with E-state index in [0.717, 1.165) is 0 Å². The van der Waals surface area contributed by atoms with Gasteiger partial charge in [0.05, 0.1) is 0 Å². The highest BCUT2D eigenvalue weighted by atomic mass is 16.3. The number of carbonyl (C=O) groups is 1. The van der Waals surface area contributed by atoms with Gasteiger partial charge in [0.2, 0.25) is 0 Å². The molecule has 1 rings (SSSR count). The average molecular weight is 193 g/mol. The first-order valence-electron chi connectivity index (χ1n) is 4.58. The van der Waals surface area contributed by atoms with Gasteiger partial charge in [0.15, 0.2) is 0 Å². The number of nitrogens with zero attached hydrogens (tertiary/aromatic N) is 1. The number of phenolic OH excluding ortho intramolecular Hbond substituents is 1. The van der Waals surface area contributed by atoms with Crippen LogP contribution in [0.2, 0.25) is 0 Å².